The van der Waals surface area contributed by atoms with E-state index in [0.29, 0.717) is 29.2 Å². The number of benzene rings is 2. The number of hydrogen-bond acceptors (Lipinski definition) is 6. The number of rotatable bonds is 6. The number of aromatic nitrogens is 1. The smallest absolute Gasteiger partial charge is 0.301 e. The van der Waals surface area contributed by atoms with E-state index in [4.69, 9.17) is 9.26 Å². The number of nitrogens with zero attached hydrogens (tertiary/aromatic N) is 2. The van der Waals surface area contributed by atoms with Gasteiger partial charge in [0.25, 0.3) is 5.78 Å². The van der Waals surface area contributed by atoms with Crippen molar-refractivity contribution in [3.05, 3.63) is 83.1 Å². The molecule has 1 aliphatic rings. The van der Waals surface area contributed by atoms with Crippen LogP contribution in [0.2, 0.25) is 0 Å². The normalized spacial score (nSPS) is 17.9. The summed E-state index contributed by atoms with van der Waals surface area (Å²) in [7, 11) is 0. The number of aliphatic hydroxyl groups excluding tert-OH is 1. The van der Waals surface area contributed by atoms with Crippen molar-refractivity contribution in [2.24, 2.45) is 0 Å². The van der Waals surface area contributed by atoms with Crippen molar-refractivity contribution >= 4 is 23.3 Å². The first-order valence-electron chi connectivity index (χ1n) is 10.0. The second kappa shape index (κ2) is 8.47. The summed E-state index contributed by atoms with van der Waals surface area (Å²) in [6, 6.07) is 16.5. The molecule has 2 aromatic carbocycles. The summed E-state index contributed by atoms with van der Waals surface area (Å²) in [5.74, 6) is -0.397. The fourth-order valence-corrected chi connectivity index (χ4v) is 3.57. The quantitative estimate of drug-likeness (QED) is 0.362. The van der Waals surface area contributed by atoms with E-state index in [1.165, 1.54) is 4.90 Å². The maximum Gasteiger partial charge on any atom is 0.301 e. The van der Waals surface area contributed by atoms with Crippen molar-refractivity contribution in [1.29, 1.82) is 0 Å². The van der Waals surface area contributed by atoms with Crippen LogP contribution in [0.1, 0.15) is 36.3 Å². The van der Waals surface area contributed by atoms with E-state index in [1.807, 2.05) is 6.92 Å². The second-order valence-electron chi connectivity index (χ2n) is 7.25. The van der Waals surface area contributed by atoms with Gasteiger partial charge in [-0.05, 0) is 31.0 Å². The minimum atomic E-state index is -0.857. The highest BCUT2D eigenvalue weighted by Gasteiger charge is 2.48. The molecule has 1 atom stereocenters. The van der Waals surface area contributed by atoms with E-state index in [2.05, 4.69) is 5.16 Å². The number of ether oxygens (including phenoxy) is 1. The molecule has 1 amide bonds. The van der Waals surface area contributed by atoms with E-state index >= 15 is 0 Å². The Morgan fingerprint density at radius 1 is 1.13 bits per heavy atom. The van der Waals surface area contributed by atoms with Gasteiger partial charge in [-0.1, -0.05) is 54.5 Å². The molecule has 7 nitrogen and oxygen atoms in total. The molecule has 1 unspecified atom stereocenters. The van der Waals surface area contributed by atoms with Gasteiger partial charge in [0.1, 0.15) is 17.3 Å². The molecule has 1 N–H and O–H groups in total. The standard InChI is InChI=1S/C24H22N2O5/c1-3-13-30-18-11-9-16(10-12-18)21-20(22(27)17-7-5-4-6-8-17)23(28)24(29)26(21)19-14-15(2)31-25-19/h4-12,14,21,27H,3,13H2,1-2H3. The zero-order valence-corrected chi connectivity index (χ0v) is 17.2. The molecule has 1 fully saturated rings. The molecule has 1 aromatic heterocycles. The summed E-state index contributed by atoms with van der Waals surface area (Å²) in [4.78, 5) is 27.2. The lowest BCUT2D eigenvalue weighted by molar-refractivity contribution is -0.132. The van der Waals surface area contributed by atoms with Gasteiger partial charge in [0.15, 0.2) is 5.82 Å². The van der Waals surface area contributed by atoms with Gasteiger partial charge < -0.3 is 14.4 Å². The minimum absolute atomic E-state index is 0.000852. The molecule has 1 aliphatic heterocycles. The van der Waals surface area contributed by atoms with Gasteiger partial charge >= 0.3 is 5.91 Å². The van der Waals surface area contributed by atoms with Crippen LogP contribution in [-0.2, 0) is 9.59 Å². The maximum atomic E-state index is 13.0. The first-order valence-corrected chi connectivity index (χ1v) is 10.0. The number of anilines is 1. The van der Waals surface area contributed by atoms with Crippen molar-refractivity contribution in [1.82, 2.24) is 5.16 Å². The Balaban J connectivity index is 1.85. The first kappa shape index (κ1) is 20.4. The van der Waals surface area contributed by atoms with Gasteiger partial charge in [0, 0.05) is 11.6 Å². The van der Waals surface area contributed by atoms with Crippen LogP contribution in [0.25, 0.3) is 5.76 Å². The molecule has 31 heavy (non-hydrogen) atoms. The Hall–Kier alpha value is -3.87. The van der Waals surface area contributed by atoms with Crippen LogP contribution in [0, 0.1) is 6.92 Å². The lowest BCUT2D eigenvalue weighted by Gasteiger charge is -2.23. The third-order valence-electron chi connectivity index (χ3n) is 5.02. The molecule has 0 radical (unpaired) electrons. The van der Waals surface area contributed by atoms with E-state index < -0.39 is 17.7 Å². The van der Waals surface area contributed by atoms with Crippen LogP contribution in [-0.4, -0.2) is 28.6 Å². The predicted octanol–water partition coefficient (Wildman–Crippen LogP) is 4.40. The maximum absolute atomic E-state index is 13.0. The van der Waals surface area contributed by atoms with E-state index in [1.54, 1.807) is 67.6 Å². The third kappa shape index (κ3) is 3.82. The topological polar surface area (TPSA) is 92.9 Å². The number of ketones is 1. The summed E-state index contributed by atoms with van der Waals surface area (Å²) in [6.07, 6.45) is 0.879. The highest BCUT2D eigenvalue weighted by atomic mass is 16.5. The number of carbonyl (C=O) groups is 2. The van der Waals surface area contributed by atoms with Crippen molar-refractivity contribution in [2.75, 3.05) is 11.5 Å². The lowest BCUT2D eigenvalue weighted by atomic mass is 9.95. The number of amides is 1. The monoisotopic (exact) mass is 418 g/mol. The molecule has 0 saturated carbocycles. The van der Waals surface area contributed by atoms with Crippen LogP contribution in [0.4, 0.5) is 5.82 Å². The predicted molar refractivity (Wildman–Crippen MR) is 115 cm³/mol. The lowest BCUT2D eigenvalue weighted by Crippen LogP contribution is -2.29. The zero-order valence-electron chi connectivity index (χ0n) is 17.2. The van der Waals surface area contributed by atoms with Crippen molar-refractivity contribution in [2.45, 2.75) is 26.3 Å². The van der Waals surface area contributed by atoms with Gasteiger partial charge in [-0.25, -0.2) is 0 Å². The Morgan fingerprint density at radius 2 is 1.84 bits per heavy atom. The van der Waals surface area contributed by atoms with Crippen molar-refractivity contribution in [3.63, 3.8) is 0 Å². The van der Waals surface area contributed by atoms with Gasteiger partial charge in [0.2, 0.25) is 0 Å². The van der Waals surface area contributed by atoms with Crippen molar-refractivity contribution in [3.8, 4) is 5.75 Å². The second-order valence-corrected chi connectivity index (χ2v) is 7.25. The highest BCUT2D eigenvalue weighted by Crippen LogP contribution is 2.42. The number of aliphatic hydroxyl groups is 1. The molecule has 3 aromatic rings. The fourth-order valence-electron chi connectivity index (χ4n) is 3.57. The number of Topliss-reactive ketones (excluding diaryl/α,β-unsaturated/α-hetero) is 1. The van der Waals surface area contributed by atoms with Crippen LogP contribution >= 0.6 is 0 Å². The SMILES string of the molecule is CCCOc1ccc(C2C(=C(O)c3ccccc3)C(=O)C(=O)N2c2cc(C)on2)cc1. The third-order valence-corrected chi connectivity index (χ3v) is 5.02. The fraction of sp³-hybridized carbons (Fsp3) is 0.208. The summed E-state index contributed by atoms with van der Waals surface area (Å²) < 4.78 is 10.8. The molecule has 0 bridgehead atoms. The van der Waals surface area contributed by atoms with E-state index in [0.717, 1.165) is 6.42 Å². The first-order chi connectivity index (χ1) is 15.0. The Labute approximate surface area is 179 Å². The summed E-state index contributed by atoms with van der Waals surface area (Å²) >= 11 is 0. The Morgan fingerprint density at radius 3 is 2.45 bits per heavy atom. The summed E-state index contributed by atoms with van der Waals surface area (Å²) in [5, 5.41) is 14.9. The van der Waals surface area contributed by atoms with Crippen LogP contribution in [0.15, 0.2) is 70.8 Å². The van der Waals surface area contributed by atoms with Crippen LogP contribution in [0.5, 0.6) is 5.75 Å². The molecular weight excluding hydrogens is 396 g/mol. The van der Waals surface area contributed by atoms with E-state index in [-0.39, 0.29) is 17.2 Å². The average Bonchev–Trinajstić information content (AvgIpc) is 3.33. The molecule has 158 valence electrons. The minimum Gasteiger partial charge on any atom is -0.507 e. The van der Waals surface area contributed by atoms with Gasteiger partial charge in [-0.15, -0.1) is 0 Å². The van der Waals surface area contributed by atoms with E-state index in [9.17, 15) is 14.7 Å². The van der Waals surface area contributed by atoms with Crippen LogP contribution < -0.4 is 9.64 Å². The number of aryl methyl sites for hydroxylation is 1. The largest absolute Gasteiger partial charge is 0.507 e. The van der Waals surface area contributed by atoms with Crippen molar-refractivity contribution < 1.29 is 24.0 Å². The number of carbonyl (C=O) groups excluding carboxylic acids is 2. The average molecular weight is 418 g/mol. The molecule has 4 rings (SSSR count). The number of hydrogen-bond donors (Lipinski definition) is 1. The zero-order chi connectivity index (χ0) is 22.0. The molecule has 1 saturated heterocycles. The molecule has 0 aliphatic carbocycles. The molecule has 7 heteroatoms. The molecular formula is C24H22N2O5. The molecule has 2 heterocycles. The summed E-state index contributed by atoms with van der Waals surface area (Å²) in [6.45, 7) is 4.31. The summed E-state index contributed by atoms with van der Waals surface area (Å²) in [5.41, 5.74) is 1.09. The highest BCUT2D eigenvalue weighted by molar-refractivity contribution is 6.51. The van der Waals surface area contributed by atoms with Gasteiger partial charge in [0.05, 0.1) is 18.2 Å². The van der Waals surface area contributed by atoms with Gasteiger partial charge in [-0.2, -0.15) is 0 Å². The Kier molecular flexibility index (Phi) is 5.58. The van der Waals surface area contributed by atoms with Gasteiger partial charge in [-0.3, -0.25) is 14.5 Å². The van der Waals surface area contributed by atoms with Crippen LogP contribution in [0.3, 0.4) is 0 Å². The molecule has 0 spiro atoms. The Bertz CT molecular complexity index is 1130.